The molecule has 132 valence electrons. The van der Waals surface area contributed by atoms with Crippen molar-refractivity contribution in [3.63, 3.8) is 0 Å². The lowest BCUT2D eigenvalue weighted by Gasteiger charge is -2.14. The second-order valence-corrected chi connectivity index (χ2v) is 8.45. The lowest BCUT2D eigenvalue weighted by Crippen LogP contribution is -2.20. The van der Waals surface area contributed by atoms with Crippen molar-refractivity contribution in [3.05, 3.63) is 46.6 Å². The normalized spacial score (nSPS) is 27.8. The number of hydrogen-bond acceptors (Lipinski definition) is 2. The van der Waals surface area contributed by atoms with E-state index in [0.717, 1.165) is 18.4 Å². The number of rotatable bonds is 5. The first-order valence-electron chi connectivity index (χ1n) is 8.92. The molecule has 0 spiro atoms. The van der Waals surface area contributed by atoms with E-state index in [1.807, 2.05) is 0 Å². The monoisotopic (exact) mass is 328 g/mol. The Kier molecular flexibility index (Phi) is 5.27. The number of hydrogen-bond donors (Lipinski definition) is 0. The van der Waals surface area contributed by atoms with Gasteiger partial charge in [0.1, 0.15) is 6.10 Å². The minimum atomic E-state index is -0.130. The minimum Gasteiger partial charge on any atom is -0.457 e. The van der Waals surface area contributed by atoms with Crippen LogP contribution >= 0.6 is 0 Å². The van der Waals surface area contributed by atoms with Crippen molar-refractivity contribution in [1.82, 2.24) is 0 Å². The summed E-state index contributed by atoms with van der Waals surface area (Å²) in [5.41, 5.74) is 6.10. The van der Waals surface area contributed by atoms with E-state index in [1.54, 1.807) is 0 Å². The van der Waals surface area contributed by atoms with E-state index in [4.69, 9.17) is 4.74 Å². The van der Waals surface area contributed by atoms with Gasteiger partial charge in [-0.1, -0.05) is 43.7 Å². The van der Waals surface area contributed by atoms with Gasteiger partial charge in [0.15, 0.2) is 0 Å². The zero-order chi connectivity index (χ0) is 18.2. The van der Waals surface area contributed by atoms with E-state index in [9.17, 15) is 4.79 Å². The first-order valence-corrected chi connectivity index (χ1v) is 8.92. The van der Waals surface area contributed by atoms with Crippen LogP contribution in [0.4, 0.5) is 0 Å². The van der Waals surface area contributed by atoms with Crippen molar-refractivity contribution in [1.29, 1.82) is 0 Å². The summed E-state index contributed by atoms with van der Waals surface area (Å²) in [6.07, 6.45) is 5.92. The van der Waals surface area contributed by atoms with Crippen LogP contribution < -0.4 is 0 Å². The van der Waals surface area contributed by atoms with Crippen LogP contribution in [0.3, 0.4) is 0 Å². The first kappa shape index (κ1) is 18.8. The van der Waals surface area contributed by atoms with Gasteiger partial charge in [0.05, 0.1) is 5.92 Å². The largest absolute Gasteiger partial charge is 0.457 e. The second kappa shape index (κ2) is 6.74. The molecule has 0 bridgehead atoms. The van der Waals surface area contributed by atoms with E-state index in [0.29, 0.717) is 5.92 Å². The van der Waals surface area contributed by atoms with Gasteiger partial charge in [0.25, 0.3) is 0 Å². The molecule has 1 unspecified atom stereocenters. The van der Waals surface area contributed by atoms with Gasteiger partial charge in [-0.15, -0.1) is 0 Å². The van der Waals surface area contributed by atoms with Crippen LogP contribution in [-0.4, -0.2) is 12.1 Å². The summed E-state index contributed by atoms with van der Waals surface area (Å²) in [4.78, 5) is 12.7. The molecule has 0 aliphatic heterocycles. The van der Waals surface area contributed by atoms with Crippen LogP contribution in [-0.2, 0) is 9.53 Å². The minimum absolute atomic E-state index is 0.00642. The average molecular weight is 328 g/mol. The van der Waals surface area contributed by atoms with Crippen molar-refractivity contribution in [2.75, 3.05) is 0 Å². The van der Waals surface area contributed by atoms with Crippen LogP contribution in [0.1, 0.15) is 61.3 Å². The average Bonchev–Trinajstić information content (AvgIpc) is 2.85. The summed E-state index contributed by atoms with van der Waals surface area (Å²) >= 11 is 0. The van der Waals surface area contributed by atoms with Crippen molar-refractivity contribution in [2.24, 2.45) is 17.3 Å². The Morgan fingerprint density at radius 2 is 1.88 bits per heavy atom. The fraction of sp³-hybridized carbons (Fsp3) is 0.591. The third-order valence-corrected chi connectivity index (χ3v) is 5.47. The second-order valence-electron chi connectivity index (χ2n) is 8.45. The zero-order valence-corrected chi connectivity index (χ0v) is 16.3. The molecule has 0 heterocycles. The van der Waals surface area contributed by atoms with Crippen molar-refractivity contribution >= 4 is 5.97 Å². The quantitative estimate of drug-likeness (QED) is 0.473. The fourth-order valence-electron chi connectivity index (χ4n) is 3.73. The van der Waals surface area contributed by atoms with Gasteiger partial charge in [-0.2, -0.15) is 0 Å². The van der Waals surface area contributed by atoms with E-state index < -0.39 is 0 Å². The molecule has 2 nitrogen and oxygen atoms in total. The molecule has 2 aliphatic carbocycles. The predicted octanol–water partition coefficient (Wildman–Crippen LogP) is 5.77. The standard InChI is InChI=1S/C22H32O2/c1-13(2)9-10-17-15(5)12-19(16(17)6)24-21(23)20-18(11-14(3)4)22(20,7)8/h9,11,18-20H,5,10,12H2,1-4,6-8H3/t18-,19?,20+/m1/s1. The summed E-state index contributed by atoms with van der Waals surface area (Å²) in [6.45, 7) is 18.9. The molecule has 24 heavy (non-hydrogen) atoms. The lowest BCUT2D eigenvalue weighted by atomic mass is 10.0. The maximum absolute atomic E-state index is 12.7. The summed E-state index contributed by atoms with van der Waals surface area (Å²) in [5.74, 6) is 0.229. The Morgan fingerprint density at radius 3 is 2.42 bits per heavy atom. The number of carbonyl (C=O) groups excluding carboxylic acids is 1. The molecule has 2 aliphatic rings. The third kappa shape index (κ3) is 3.74. The van der Waals surface area contributed by atoms with E-state index in [-0.39, 0.29) is 23.4 Å². The van der Waals surface area contributed by atoms with Crippen LogP contribution in [0.2, 0.25) is 0 Å². The molecular weight excluding hydrogens is 296 g/mol. The summed E-state index contributed by atoms with van der Waals surface area (Å²) in [6, 6.07) is 0. The highest BCUT2D eigenvalue weighted by atomic mass is 16.5. The Hall–Kier alpha value is -1.57. The number of carbonyl (C=O) groups is 1. The molecule has 2 rings (SSSR count). The van der Waals surface area contributed by atoms with Crippen molar-refractivity contribution in [2.45, 2.75) is 67.4 Å². The lowest BCUT2D eigenvalue weighted by molar-refractivity contribution is -0.149. The molecular formula is C22H32O2. The molecule has 0 radical (unpaired) electrons. The molecule has 0 saturated heterocycles. The summed E-state index contributed by atoms with van der Waals surface area (Å²) < 4.78 is 5.89. The van der Waals surface area contributed by atoms with Gasteiger partial charge in [-0.3, -0.25) is 4.79 Å². The number of allylic oxidation sites excluding steroid dienone is 5. The van der Waals surface area contributed by atoms with Crippen LogP contribution in [0.15, 0.2) is 46.6 Å². The molecule has 0 aromatic heterocycles. The van der Waals surface area contributed by atoms with Gasteiger partial charge in [-0.25, -0.2) is 0 Å². The highest BCUT2D eigenvalue weighted by Gasteiger charge is 2.61. The van der Waals surface area contributed by atoms with Gasteiger partial charge < -0.3 is 4.74 Å². The Balaban J connectivity index is 2.07. The van der Waals surface area contributed by atoms with E-state index in [1.165, 1.54) is 22.3 Å². The maximum atomic E-state index is 12.7. The maximum Gasteiger partial charge on any atom is 0.310 e. The Morgan fingerprint density at radius 1 is 1.25 bits per heavy atom. The Bertz CT molecular complexity index is 635. The first-order chi connectivity index (χ1) is 11.1. The van der Waals surface area contributed by atoms with Gasteiger partial charge >= 0.3 is 5.97 Å². The van der Waals surface area contributed by atoms with Crippen LogP contribution in [0.5, 0.6) is 0 Å². The van der Waals surface area contributed by atoms with E-state index >= 15 is 0 Å². The number of esters is 1. The summed E-state index contributed by atoms with van der Waals surface area (Å²) in [7, 11) is 0. The third-order valence-electron chi connectivity index (χ3n) is 5.47. The molecule has 1 saturated carbocycles. The molecule has 0 N–H and O–H groups in total. The van der Waals surface area contributed by atoms with E-state index in [2.05, 4.69) is 67.2 Å². The number of ether oxygens (including phenoxy) is 1. The van der Waals surface area contributed by atoms with Crippen LogP contribution in [0, 0.1) is 17.3 Å². The van der Waals surface area contributed by atoms with Crippen molar-refractivity contribution < 1.29 is 9.53 Å². The van der Waals surface area contributed by atoms with Gasteiger partial charge in [0, 0.05) is 6.42 Å². The predicted molar refractivity (Wildman–Crippen MR) is 101 cm³/mol. The highest BCUT2D eigenvalue weighted by molar-refractivity contribution is 5.79. The molecule has 0 aromatic rings. The molecule has 3 atom stereocenters. The van der Waals surface area contributed by atoms with Crippen LogP contribution in [0.25, 0.3) is 0 Å². The molecule has 0 aromatic carbocycles. The molecule has 0 amide bonds. The zero-order valence-electron chi connectivity index (χ0n) is 16.3. The topological polar surface area (TPSA) is 26.3 Å². The Labute approximate surface area is 147 Å². The highest BCUT2D eigenvalue weighted by Crippen LogP contribution is 2.60. The summed E-state index contributed by atoms with van der Waals surface area (Å²) in [5, 5.41) is 0. The van der Waals surface area contributed by atoms with Crippen molar-refractivity contribution in [3.8, 4) is 0 Å². The molecule has 2 heteroatoms. The SMILES string of the molecule is C=C1CC(OC(=O)[C@@H]2[C@@H](C=C(C)C)C2(C)C)C(C)=C1CC=C(C)C. The van der Waals surface area contributed by atoms with Gasteiger partial charge in [-0.05, 0) is 69.1 Å². The molecule has 1 fully saturated rings. The van der Waals surface area contributed by atoms with Gasteiger partial charge in [0.2, 0.25) is 0 Å². The fourth-order valence-corrected chi connectivity index (χ4v) is 3.73. The smallest absolute Gasteiger partial charge is 0.310 e.